The number of ether oxygens (including phenoxy) is 1. The fourth-order valence-corrected chi connectivity index (χ4v) is 1.15. The average Bonchev–Trinajstić information content (AvgIpc) is 2.24. The van der Waals surface area contributed by atoms with Crippen LogP contribution < -0.4 is 11.1 Å². The van der Waals surface area contributed by atoms with Crippen LogP contribution in [0.4, 0.5) is 4.79 Å². The highest BCUT2D eigenvalue weighted by Gasteiger charge is 1.93. The number of carbonyl (C=O) groups is 1. The molecule has 0 aliphatic carbocycles. The van der Waals surface area contributed by atoms with Gasteiger partial charge in [-0.2, -0.15) is 0 Å². The van der Waals surface area contributed by atoms with Gasteiger partial charge in [0.25, 0.3) is 0 Å². The predicted molar refractivity (Wildman–Crippen MR) is 58.3 cm³/mol. The third-order valence-electron chi connectivity index (χ3n) is 1.88. The number of urea groups is 1. The quantitative estimate of drug-likeness (QED) is 0.691. The molecule has 0 saturated heterocycles. The van der Waals surface area contributed by atoms with Gasteiger partial charge in [-0.1, -0.05) is 30.3 Å². The van der Waals surface area contributed by atoms with Crippen molar-refractivity contribution < 1.29 is 9.53 Å². The zero-order chi connectivity index (χ0) is 10.9. The molecular weight excluding hydrogens is 192 g/mol. The molecule has 1 aromatic rings. The zero-order valence-corrected chi connectivity index (χ0v) is 8.61. The summed E-state index contributed by atoms with van der Waals surface area (Å²) in [7, 11) is 0. The smallest absolute Gasteiger partial charge is 0.312 e. The lowest BCUT2D eigenvalue weighted by Gasteiger charge is -2.04. The first-order chi connectivity index (χ1) is 7.29. The summed E-state index contributed by atoms with van der Waals surface area (Å²) in [4.78, 5) is 10.3. The normalized spacial score (nSPS) is 9.87. The Morgan fingerprint density at radius 3 is 2.73 bits per heavy atom. The van der Waals surface area contributed by atoms with E-state index in [1.165, 1.54) is 0 Å². The Morgan fingerprint density at radius 2 is 2.07 bits per heavy atom. The second kappa shape index (κ2) is 6.84. The van der Waals surface area contributed by atoms with Gasteiger partial charge >= 0.3 is 6.03 Å². The van der Waals surface area contributed by atoms with Crippen LogP contribution in [0.1, 0.15) is 12.0 Å². The lowest BCUT2D eigenvalue weighted by atomic mass is 10.2. The van der Waals surface area contributed by atoms with Crippen LogP contribution in [0.3, 0.4) is 0 Å². The minimum absolute atomic E-state index is 0.488. The maximum absolute atomic E-state index is 10.3. The largest absolute Gasteiger partial charge is 0.377 e. The first-order valence-corrected chi connectivity index (χ1v) is 4.94. The topological polar surface area (TPSA) is 64.4 Å². The Balaban J connectivity index is 2.00. The van der Waals surface area contributed by atoms with E-state index in [-0.39, 0.29) is 0 Å². The fourth-order valence-electron chi connectivity index (χ4n) is 1.15. The lowest BCUT2D eigenvalue weighted by molar-refractivity contribution is 0.119. The Morgan fingerprint density at radius 1 is 1.33 bits per heavy atom. The van der Waals surface area contributed by atoms with Gasteiger partial charge in [-0.25, -0.2) is 4.79 Å². The average molecular weight is 208 g/mol. The van der Waals surface area contributed by atoms with Gasteiger partial charge in [0, 0.05) is 13.2 Å². The Kier molecular flexibility index (Phi) is 5.25. The summed E-state index contributed by atoms with van der Waals surface area (Å²) in [5.74, 6) is 0. The number of primary amides is 1. The molecule has 4 nitrogen and oxygen atoms in total. The number of rotatable bonds is 6. The summed E-state index contributed by atoms with van der Waals surface area (Å²) in [5.41, 5.74) is 6.06. The van der Waals surface area contributed by atoms with Gasteiger partial charge < -0.3 is 15.8 Å². The summed E-state index contributed by atoms with van der Waals surface area (Å²) >= 11 is 0. The third-order valence-corrected chi connectivity index (χ3v) is 1.88. The minimum Gasteiger partial charge on any atom is -0.377 e. The molecule has 15 heavy (non-hydrogen) atoms. The molecule has 0 aliphatic rings. The van der Waals surface area contributed by atoms with Crippen molar-refractivity contribution in [3.63, 3.8) is 0 Å². The summed E-state index contributed by atoms with van der Waals surface area (Å²) in [5, 5.41) is 2.50. The molecule has 82 valence electrons. The van der Waals surface area contributed by atoms with Crippen molar-refractivity contribution in [3.8, 4) is 0 Å². The first-order valence-electron chi connectivity index (χ1n) is 4.94. The first kappa shape index (κ1) is 11.5. The molecule has 0 unspecified atom stereocenters. The van der Waals surface area contributed by atoms with E-state index in [2.05, 4.69) is 5.32 Å². The summed E-state index contributed by atoms with van der Waals surface area (Å²) < 4.78 is 5.41. The van der Waals surface area contributed by atoms with Crippen LogP contribution in [-0.2, 0) is 11.3 Å². The van der Waals surface area contributed by atoms with Gasteiger partial charge in [0.2, 0.25) is 0 Å². The van der Waals surface area contributed by atoms with Crippen LogP contribution in [0, 0.1) is 0 Å². The number of hydrogen-bond donors (Lipinski definition) is 2. The number of hydrogen-bond acceptors (Lipinski definition) is 2. The summed E-state index contributed by atoms with van der Waals surface area (Å²) in [6.07, 6.45) is 0.774. The van der Waals surface area contributed by atoms with Crippen LogP contribution in [0.5, 0.6) is 0 Å². The fraction of sp³-hybridized carbons (Fsp3) is 0.364. The molecule has 0 spiro atoms. The number of nitrogens with two attached hydrogens (primary N) is 1. The lowest BCUT2D eigenvalue weighted by Crippen LogP contribution is -2.30. The third kappa shape index (κ3) is 5.70. The van der Waals surface area contributed by atoms with Crippen molar-refractivity contribution in [1.82, 2.24) is 5.32 Å². The van der Waals surface area contributed by atoms with E-state index in [9.17, 15) is 4.79 Å². The highest BCUT2D eigenvalue weighted by molar-refractivity contribution is 5.71. The molecule has 4 heteroatoms. The molecule has 0 heterocycles. The number of benzene rings is 1. The van der Waals surface area contributed by atoms with Gasteiger partial charge in [0.15, 0.2) is 0 Å². The maximum Gasteiger partial charge on any atom is 0.312 e. The summed E-state index contributed by atoms with van der Waals surface area (Å²) in [6.45, 7) is 1.79. The standard InChI is InChI=1S/C11H16N2O2/c12-11(14)13-7-4-8-15-9-10-5-2-1-3-6-10/h1-3,5-6H,4,7-9H2,(H3,12,13,14). The molecule has 0 aliphatic heterocycles. The number of nitrogens with one attached hydrogen (secondary N) is 1. The molecule has 0 radical (unpaired) electrons. The predicted octanol–water partition coefficient (Wildman–Crippen LogP) is 1.26. The van der Waals surface area contributed by atoms with E-state index in [1.54, 1.807) is 0 Å². The molecular formula is C11H16N2O2. The molecule has 0 aromatic heterocycles. The second-order valence-electron chi connectivity index (χ2n) is 3.18. The molecule has 1 rings (SSSR count). The van der Waals surface area contributed by atoms with Crippen molar-refractivity contribution in [2.75, 3.05) is 13.2 Å². The molecule has 0 atom stereocenters. The van der Waals surface area contributed by atoms with Gasteiger partial charge in [0.1, 0.15) is 0 Å². The van der Waals surface area contributed by atoms with Crippen LogP contribution >= 0.6 is 0 Å². The van der Waals surface area contributed by atoms with Crippen LogP contribution in [0.2, 0.25) is 0 Å². The van der Waals surface area contributed by atoms with E-state index < -0.39 is 6.03 Å². The summed E-state index contributed by atoms with van der Waals surface area (Å²) in [6, 6.07) is 9.47. The molecule has 2 amide bonds. The number of amides is 2. The molecule has 3 N–H and O–H groups in total. The van der Waals surface area contributed by atoms with Crippen molar-refractivity contribution in [2.24, 2.45) is 5.73 Å². The van der Waals surface area contributed by atoms with Gasteiger partial charge in [-0.05, 0) is 12.0 Å². The van der Waals surface area contributed by atoms with E-state index >= 15 is 0 Å². The van der Waals surface area contributed by atoms with Crippen LogP contribution in [0.15, 0.2) is 30.3 Å². The van der Waals surface area contributed by atoms with Crippen molar-refractivity contribution in [1.29, 1.82) is 0 Å². The zero-order valence-electron chi connectivity index (χ0n) is 8.61. The highest BCUT2D eigenvalue weighted by Crippen LogP contribution is 2.00. The van der Waals surface area contributed by atoms with E-state index in [0.717, 1.165) is 12.0 Å². The molecule has 1 aromatic carbocycles. The Hall–Kier alpha value is -1.55. The van der Waals surface area contributed by atoms with Crippen molar-refractivity contribution >= 4 is 6.03 Å². The molecule has 0 bridgehead atoms. The molecule has 0 fully saturated rings. The van der Waals surface area contributed by atoms with Crippen molar-refractivity contribution in [2.45, 2.75) is 13.0 Å². The van der Waals surface area contributed by atoms with Crippen LogP contribution in [-0.4, -0.2) is 19.2 Å². The SMILES string of the molecule is NC(=O)NCCCOCc1ccccc1. The van der Waals surface area contributed by atoms with E-state index in [1.807, 2.05) is 30.3 Å². The highest BCUT2D eigenvalue weighted by atomic mass is 16.5. The van der Waals surface area contributed by atoms with E-state index in [4.69, 9.17) is 10.5 Å². The van der Waals surface area contributed by atoms with Gasteiger partial charge in [0.05, 0.1) is 6.61 Å². The number of carbonyl (C=O) groups excluding carboxylic acids is 1. The van der Waals surface area contributed by atoms with Gasteiger partial charge in [-0.15, -0.1) is 0 Å². The van der Waals surface area contributed by atoms with Crippen molar-refractivity contribution in [3.05, 3.63) is 35.9 Å². The Bertz CT molecular complexity index is 288. The minimum atomic E-state index is -0.488. The van der Waals surface area contributed by atoms with E-state index in [0.29, 0.717) is 19.8 Å². The van der Waals surface area contributed by atoms with Gasteiger partial charge in [-0.3, -0.25) is 0 Å². The van der Waals surface area contributed by atoms with Crippen LogP contribution in [0.25, 0.3) is 0 Å². The Labute approximate surface area is 89.4 Å². The molecule has 0 saturated carbocycles. The maximum atomic E-state index is 10.3. The second-order valence-corrected chi connectivity index (χ2v) is 3.18. The monoisotopic (exact) mass is 208 g/mol.